The monoisotopic (exact) mass is 750 g/mol. The highest BCUT2D eigenvalue weighted by Gasteiger charge is 2.53. The molecule has 0 unspecified atom stereocenters. The van der Waals surface area contributed by atoms with E-state index in [4.69, 9.17) is 42.3 Å². The molecule has 290 valence electrons. The first-order valence-corrected chi connectivity index (χ1v) is 17.4. The highest BCUT2D eigenvalue weighted by atomic mass is 16.7. The van der Waals surface area contributed by atoms with Crippen LogP contribution >= 0.6 is 0 Å². The van der Waals surface area contributed by atoms with Gasteiger partial charge in [-0.2, -0.15) is 0 Å². The molecule has 0 bridgehead atoms. The van der Waals surface area contributed by atoms with Gasteiger partial charge < -0.3 is 42.3 Å². The van der Waals surface area contributed by atoms with Crippen molar-refractivity contribution in [3.05, 3.63) is 87.8 Å². The second-order valence-corrected chi connectivity index (χ2v) is 12.8. The highest BCUT2D eigenvalue weighted by Crippen LogP contribution is 2.37. The summed E-state index contributed by atoms with van der Waals surface area (Å²) in [4.78, 5) is 61.7. The van der Waals surface area contributed by atoms with E-state index in [1.165, 1.54) is 24.6 Å². The van der Waals surface area contributed by atoms with Crippen LogP contribution in [0.5, 0.6) is 17.2 Å². The van der Waals surface area contributed by atoms with Crippen molar-refractivity contribution in [3.8, 4) is 17.2 Å². The SMILES string of the molecule is CC(=O)OC[C@H]1O[C@@H](Oc2ccc3c(OCc4ccccc4)c(OC/C=C(\C)CCC=C(C)C)c(=O)oc3c2)[C@H](OC(C)=O)[C@@H](OC(C)=O)[C@@H]1OC(C)=O. The summed E-state index contributed by atoms with van der Waals surface area (Å²) in [5.74, 6) is -2.89. The van der Waals surface area contributed by atoms with Gasteiger partial charge in [-0.25, -0.2) is 4.79 Å². The Morgan fingerprint density at radius 2 is 1.41 bits per heavy atom. The number of esters is 4. The lowest BCUT2D eigenvalue weighted by atomic mass is 9.98. The van der Waals surface area contributed by atoms with E-state index in [1.54, 1.807) is 6.07 Å². The van der Waals surface area contributed by atoms with Crippen LogP contribution in [0.1, 0.15) is 66.9 Å². The van der Waals surface area contributed by atoms with Gasteiger partial charge in [0.1, 0.15) is 37.3 Å². The van der Waals surface area contributed by atoms with E-state index in [1.807, 2.05) is 57.2 Å². The third-order valence-corrected chi connectivity index (χ3v) is 7.97. The standard InChI is InChI=1S/C40H46O14/c1-23(2)12-11-13-24(3)18-19-46-37-34(48-21-29-14-9-8-10-15-29)31-17-16-30(20-32(31)53-39(37)45)52-40-38(51-28(7)44)36(50-27(6)43)35(49-26(5)42)33(54-40)22-47-25(4)41/h8-10,12,14-18,20,33,35-36,38,40H,11,13,19,21-22H2,1-7H3/b24-18+/t33-,35-,36+,38-,40-/m1/s1. The Kier molecular flexibility index (Phi) is 14.8. The number of allylic oxidation sites excluding steroid dienone is 3. The molecule has 1 aliphatic rings. The van der Waals surface area contributed by atoms with E-state index in [0.717, 1.165) is 44.7 Å². The zero-order valence-electron chi connectivity index (χ0n) is 31.4. The van der Waals surface area contributed by atoms with Gasteiger partial charge in [-0.1, -0.05) is 47.6 Å². The third-order valence-electron chi connectivity index (χ3n) is 7.97. The van der Waals surface area contributed by atoms with Crippen LogP contribution in [-0.4, -0.2) is 67.8 Å². The van der Waals surface area contributed by atoms with Crippen LogP contribution in [0, 0.1) is 0 Å². The summed E-state index contributed by atoms with van der Waals surface area (Å²) >= 11 is 0. The number of carbonyl (C=O) groups excluding carboxylic acids is 4. The Hall–Kier alpha value is -5.63. The second kappa shape index (κ2) is 19.4. The van der Waals surface area contributed by atoms with Gasteiger partial charge in [-0.3, -0.25) is 19.2 Å². The molecule has 0 amide bonds. The molecule has 1 fully saturated rings. The van der Waals surface area contributed by atoms with Gasteiger partial charge in [0.15, 0.2) is 18.0 Å². The Morgan fingerprint density at radius 1 is 0.741 bits per heavy atom. The highest BCUT2D eigenvalue weighted by molar-refractivity contribution is 5.86. The average molecular weight is 751 g/mol. The predicted molar refractivity (Wildman–Crippen MR) is 194 cm³/mol. The molecule has 14 nitrogen and oxygen atoms in total. The van der Waals surface area contributed by atoms with Gasteiger partial charge in [-0.05, 0) is 57.4 Å². The summed E-state index contributed by atoms with van der Waals surface area (Å²) < 4.78 is 51.6. The molecule has 54 heavy (non-hydrogen) atoms. The minimum absolute atomic E-state index is 0.0620. The van der Waals surface area contributed by atoms with Crippen LogP contribution in [0.4, 0.5) is 0 Å². The number of carbonyl (C=O) groups is 4. The molecule has 14 heteroatoms. The van der Waals surface area contributed by atoms with Crippen molar-refractivity contribution in [1.29, 1.82) is 0 Å². The fraction of sp³-hybridized carbons (Fsp3) is 0.425. The van der Waals surface area contributed by atoms with Crippen molar-refractivity contribution in [3.63, 3.8) is 0 Å². The maximum Gasteiger partial charge on any atom is 0.383 e. The molecule has 1 aromatic heterocycles. The Bertz CT molecular complexity index is 1910. The minimum Gasteiger partial charge on any atom is -0.484 e. The predicted octanol–water partition coefficient (Wildman–Crippen LogP) is 5.91. The Morgan fingerprint density at radius 3 is 2.06 bits per heavy atom. The summed E-state index contributed by atoms with van der Waals surface area (Å²) in [5.41, 5.74) is 2.44. The molecule has 1 saturated heterocycles. The average Bonchev–Trinajstić information content (AvgIpc) is 3.09. The van der Waals surface area contributed by atoms with E-state index in [0.29, 0.717) is 5.39 Å². The van der Waals surface area contributed by atoms with Gasteiger partial charge >= 0.3 is 29.5 Å². The van der Waals surface area contributed by atoms with E-state index >= 15 is 0 Å². The summed E-state index contributed by atoms with van der Waals surface area (Å²) in [5, 5.41) is 0.388. The zero-order chi connectivity index (χ0) is 39.4. The topological polar surface area (TPSA) is 172 Å². The first-order chi connectivity index (χ1) is 25.7. The molecule has 0 saturated carbocycles. The van der Waals surface area contributed by atoms with Crippen molar-refractivity contribution in [2.75, 3.05) is 13.2 Å². The van der Waals surface area contributed by atoms with Crippen LogP contribution < -0.4 is 19.8 Å². The minimum atomic E-state index is -1.50. The molecule has 0 radical (unpaired) electrons. The second-order valence-electron chi connectivity index (χ2n) is 12.8. The van der Waals surface area contributed by atoms with E-state index in [2.05, 4.69) is 6.08 Å². The number of fused-ring (bicyclic) bond motifs is 1. The van der Waals surface area contributed by atoms with Gasteiger partial charge in [0.25, 0.3) is 0 Å². The van der Waals surface area contributed by atoms with Gasteiger partial charge in [-0.15, -0.1) is 0 Å². The van der Waals surface area contributed by atoms with E-state index in [9.17, 15) is 24.0 Å². The van der Waals surface area contributed by atoms with Gasteiger partial charge in [0, 0.05) is 33.8 Å². The van der Waals surface area contributed by atoms with Gasteiger partial charge in [0.05, 0.1) is 5.39 Å². The zero-order valence-corrected chi connectivity index (χ0v) is 31.4. The Balaban J connectivity index is 1.71. The first kappa shape index (κ1) is 41.1. The maximum atomic E-state index is 13.4. The summed E-state index contributed by atoms with van der Waals surface area (Å²) in [7, 11) is 0. The summed E-state index contributed by atoms with van der Waals surface area (Å²) in [6.07, 6.45) is -1.21. The smallest absolute Gasteiger partial charge is 0.383 e. The number of rotatable bonds is 16. The molecular weight excluding hydrogens is 704 g/mol. The van der Waals surface area contributed by atoms with Crippen LogP contribution in [-0.2, 0) is 49.5 Å². The van der Waals surface area contributed by atoms with Crippen molar-refractivity contribution in [1.82, 2.24) is 0 Å². The molecular formula is C40H46O14. The normalized spacial score (nSPS) is 19.6. The number of ether oxygens (including phenoxy) is 8. The quantitative estimate of drug-likeness (QED) is 0.0732. The Labute approximate surface area is 312 Å². The summed E-state index contributed by atoms with van der Waals surface area (Å²) in [6.45, 7) is 10.4. The molecule has 5 atom stereocenters. The van der Waals surface area contributed by atoms with E-state index < -0.39 is 66.8 Å². The molecule has 0 N–H and O–H groups in total. The van der Waals surface area contributed by atoms with Crippen molar-refractivity contribution < 1.29 is 61.5 Å². The lowest BCUT2D eigenvalue weighted by molar-refractivity contribution is -0.288. The molecule has 3 aromatic rings. The van der Waals surface area contributed by atoms with Crippen LogP contribution in [0.3, 0.4) is 0 Å². The largest absolute Gasteiger partial charge is 0.484 e. The van der Waals surface area contributed by atoms with Crippen LogP contribution in [0.25, 0.3) is 11.0 Å². The van der Waals surface area contributed by atoms with Gasteiger partial charge in [0.2, 0.25) is 18.1 Å². The molecule has 2 aromatic carbocycles. The van der Waals surface area contributed by atoms with Crippen molar-refractivity contribution in [2.24, 2.45) is 0 Å². The van der Waals surface area contributed by atoms with Crippen LogP contribution in [0.15, 0.2) is 81.0 Å². The van der Waals surface area contributed by atoms with Crippen LogP contribution in [0.2, 0.25) is 0 Å². The van der Waals surface area contributed by atoms with Crippen molar-refractivity contribution >= 4 is 34.8 Å². The third kappa shape index (κ3) is 12.0. The molecule has 0 spiro atoms. The number of hydrogen-bond donors (Lipinski definition) is 0. The molecule has 0 aliphatic carbocycles. The van der Waals surface area contributed by atoms with Crippen molar-refractivity contribution in [2.45, 2.75) is 98.6 Å². The molecule has 4 rings (SSSR count). The van der Waals surface area contributed by atoms with E-state index in [-0.39, 0.29) is 36.0 Å². The molecule has 1 aliphatic heterocycles. The number of hydrogen-bond acceptors (Lipinski definition) is 14. The maximum absolute atomic E-state index is 13.4. The number of benzene rings is 2. The fourth-order valence-corrected chi connectivity index (χ4v) is 5.58. The first-order valence-electron chi connectivity index (χ1n) is 17.4. The lowest BCUT2D eigenvalue weighted by Crippen LogP contribution is -2.63. The lowest BCUT2D eigenvalue weighted by Gasteiger charge is -2.43. The summed E-state index contributed by atoms with van der Waals surface area (Å²) in [6, 6.07) is 13.9. The fourth-order valence-electron chi connectivity index (χ4n) is 5.58. The molecule has 2 heterocycles.